The largest absolute Gasteiger partial charge is 0.508 e. The number of Topliss-reactive ketones (excluding diaryl/α,β-unsaturated/α-hetero) is 1. The Kier molecular flexibility index (Phi) is 12.5. The smallest absolute Gasteiger partial charge is 0.305 e. The van der Waals surface area contributed by atoms with Crippen molar-refractivity contribution >= 4 is 47.0 Å². The molecule has 4 atom stereocenters. The van der Waals surface area contributed by atoms with Crippen LogP contribution in [0.15, 0.2) is 24.3 Å². The average molecular weight is 541 g/mol. The van der Waals surface area contributed by atoms with Gasteiger partial charge in [0.25, 0.3) is 0 Å². The molecule has 204 valence electrons. The van der Waals surface area contributed by atoms with E-state index in [-0.39, 0.29) is 12.2 Å². The van der Waals surface area contributed by atoms with Crippen molar-refractivity contribution in [1.82, 2.24) is 21.3 Å². The number of halogens is 1. The summed E-state index contributed by atoms with van der Waals surface area (Å²) >= 11 is 5.48. The van der Waals surface area contributed by atoms with E-state index < -0.39 is 77.8 Å². The Balaban J connectivity index is 2.92. The van der Waals surface area contributed by atoms with E-state index in [1.54, 1.807) is 26.0 Å². The molecule has 0 radical (unpaired) electrons. The topological polar surface area (TPSA) is 191 Å². The number of alkyl halides is 1. The molecule has 0 aliphatic carbocycles. The highest BCUT2D eigenvalue weighted by molar-refractivity contribution is 6.28. The number of ketones is 1. The van der Waals surface area contributed by atoms with E-state index >= 15 is 0 Å². The molecule has 4 unspecified atom stereocenters. The Bertz CT molecular complexity index is 999. The standard InChI is InChI=1S/C24H33ClN4O8/c1-12(2)21(24(37)26-13(3)22(35)28-17(10-20(33)34)19(32)11-25)29-23(36)18(27-14(4)30)9-15-5-7-16(31)8-6-15/h5-8,12-13,17-18,21,31H,9-11H2,1-4H3,(H,26,37)(H,27,30)(H,28,35)(H,29,36)(H,33,34). The van der Waals surface area contributed by atoms with Crippen LogP contribution in [-0.4, -0.2) is 75.6 Å². The fraction of sp³-hybridized carbons (Fsp3) is 0.500. The van der Waals surface area contributed by atoms with Gasteiger partial charge in [-0.3, -0.25) is 28.8 Å². The van der Waals surface area contributed by atoms with Gasteiger partial charge >= 0.3 is 5.97 Å². The quantitative estimate of drug-likeness (QED) is 0.175. The van der Waals surface area contributed by atoms with Gasteiger partial charge in [-0.2, -0.15) is 0 Å². The monoisotopic (exact) mass is 540 g/mol. The lowest BCUT2D eigenvalue weighted by atomic mass is 10.0. The van der Waals surface area contributed by atoms with Crippen molar-refractivity contribution in [2.75, 3.05) is 5.88 Å². The Morgan fingerprint density at radius 2 is 1.43 bits per heavy atom. The van der Waals surface area contributed by atoms with Crippen LogP contribution in [0.1, 0.15) is 39.7 Å². The van der Waals surface area contributed by atoms with Crippen molar-refractivity contribution in [3.63, 3.8) is 0 Å². The number of hydrogen-bond donors (Lipinski definition) is 6. The molecule has 13 heteroatoms. The summed E-state index contributed by atoms with van der Waals surface area (Å²) in [5.74, 6) is -5.49. The van der Waals surface area contributed by atoms with Crippen LogP contribution < -0.4 is 21.3 Å². The lowest BCUT2D eigenvalue weighted by Crippen LogP contribution is -2.58. The van der Waals surface area contributed by atoms with Crippen LogP contribution in [0.4, 0.5) is 0 Å². The molecule has 6 N–H and O–H groups in total. The molecule has 0 spiro atoms. The molecule has 0 heterocycles. The maximum atomic E-state index is 13.0. The molecule has 1 rings (SSSR count). The molecule has 37 heavy (non-hydrogen) atoms. The normalized spacial score (nSPS) is 14.0. The van der Waals surface area contributed by atoms with E-state index in [0.29, 0.717) is 5.56 Å². The molecule has 0 aliphatic rings. The number of aromatic hydroxyl groups is 1. The molecule has 12 nitrogen and oxygen atoms in total. The van der Waals surface area contributed by atoms with Crippen molar-refractivity contribution < 1.29 is 39.0 Å². The minimum atomic E-state index is -1.36. The Morgan fingerprint density at radius 3 is 1.92 bits per heavy atom. The third-order valence-corrected chi connectivity index (χ3v) is 5.55. The minimum absolute atomic E-state index is 0.0419. The van der Waals surface area contributed by atoms with Gasteiger partial charge in [0.2, 0.25) is 23.6 Å². The zero-order chi connectivity index (χ0) is 28.3. The number of phenols is 1. The number of carbonyl (C=O) groups is 6. The van der Waals surface area contributed by atoms with Gasteiger partial charge < -0.3 is 31.5 Å². The fourth-order valence-corrected chi connectivity index (χ4v) is 3.48. The number of amides is 4. The second-order valence-electron chi connectivity index (χ2n) is 8.84. The maximum absolute atomic E-state index is 13.0. The van der Waals surface area contributed by atoms with Crippen molar-refractivity contribution in [2.45, 2.75) is 64.7 Å². The Labute approximate surface area is 219 Å². The SMILES string of the molecule is CC(=O)NC(Cc1ccc(O)cc1)C(=O)NC(C(=O)NC(C)C(=O)NC(CC(=O)O)C(=O)CCl)C(C)C. The number of carbonyl (C=O) groups excluding carboxylic acids is 5. The summed E-state index contributed by atoms with van der Waals surface area (Å²) in [6, 6.07) is 1.43. The van der Waals surface area contributed by atoms with Gasteiger partial charge in [0.1, 0.15) is 23.9 Å². The van der Waals surface area contributed by atoms with Crippen LogP contribution in [-0.2, 0) is 35.2 Å². The van der Waals surface area contributed by atoms with Gasteiger partial charge in [-0.25, -0.2) is 0 Å². The molecule has 0 bridgehead atoms. The summed E-state index contributed by atoms with van der Waals surface area (Å²) in [5, 5.41) is 28.2. The van der Waals surface area contributed by atoms with E-state index in [4.69, 9.17) is 16.7 Å². The first kappa shape index (κ1) is 31.4. The number of aliphatic carboxylic acids is 1. The summed E-state index contributed by atoms with van der Waals surface area (Å²) < 4.78 is 0. The summed E-state index contributed by atoms with van der Waals surface area (Å²) in [6.07, 6.45) is -0.579. The number of phenolic OH excluding ortho intramolecular Hbond substituents is 1. The minimum Gasteiger partial charge on any atom is -0.508 e. The second kappa shape index (κ2) is 14.8. The summed E-state index contributed by atoms with van der Waals surface area (Å²) in [7, 11) is 0. The van der Waals surface area contributed by atoms with Crippen molar-refractivity contribution in [2.24, 2.45) is 5.92 Å². The van der Waals surface area contributed by atoms with Gasteiger partial charge in [-0.05, 0) is 30.5 Å². The fourth-order valence-electron chi connectivity index (χ4n) is 3.29. The molecule has 0 saturated heterocycles. The molecule has 0 saturated carbocycles. The van der Waals surface area contributed by atoms with E-state index in [1.165, 1.54) is 26.0 Å². The molecule has 4 amide bonds. The molecule has 0 aromatic heterocycles. The van der Waals surface area contributed by atoms with Gasteiger partial charge in [0.05, 0.1) is 18.3 Å². The Hall–Kier alpha value is -3.67. The van der Waals surface area contributed by atoms with Crippen molar-refractivity contribution in [1.29, 1.82) is 0 Å². The van der Waals surface area contributed by atoms with Crippen LogP contribution in [0.2, 0.25) is 0 Å². The average Bonchev–Trinajstić information content (AvgIpc) is 2.81. The van der Waals surface area contributed by atoms with E-state index in [0.717, 1.165) is 0 Å². The summed E-state index contributed by atoms with van der Waals surface area (Å²) in [6.45, 7) is 5.92. The zero-order valence-electron chi connectivity index (χ0n) is 21.0. The number of nitrogens with one attached hydrogen (secondary N) is 4. The maximum Gasteiger partial charge on any atom is 0.305 e. The second-order valence-corrected chi connectivity index (χ2v) is 9.11. The van der Waals surface area contributed by atoms with Crippen LogP contribution in [0, 0.1) is 5.92 Å². The van der Waals surface area contributed by atoms with Crippen molar-refractivity contribution in [3.05, 3.63) is 29.8 Å². The van der Waals surface area contributed by atoms with Crippen LogP contribution in [0.25, 0.3) is 0 Å². The predicted octanol–water partition coefficient (Wildman–Crippen LogP) is -0.148. The Morgan fingerprint density at radius 1 is 0.838 bits per heavy atom. The zero-order valence-corrected chi connectivity index (χ0v) is 21.8. The lowest BCUT2D eigenvalue weighted by Gasteiger charge is -2.27. The van der Waals surface area contributed by atoms with Gasteiger partial charge in [0, 0.05) is 13.3 Å². The van der Waals surface area contributed by atoms with E-state index in [9.17, 15) is 33.9 Å². The predicted molar refractivity (Wildman–Crippen MR) is 134 cm³/mol. The molecule has 1 aromatic carbocycles. The van der Waals surface area contributed by atoms with Gasteiger partial charge in [-0.15, -0.1) is 11.6 Å². The van der Waals surface area contributed by atoms with Crippen LogP contribution >= 0.6 is 11.6 Å². The third-order valence-electron chi connectivity index (χ3n) is 5.28. The van der Waals surface area contributed by atoms with E-state index in [1.807, 2.05) is 0 Å². The number of carboxylic acids is 1. The molecule has 0 fully saturated rings. The lowest BCUT2D eigenvalue weighted by molar-refractivity contribution is -0.140. The summed E-state index contributed by atoms with van der Waals surface area (Å²) in [4.78, 5) is 72.9. The third kappa shape index (κ3) is 10.9. The molecular weight excluding hydrogens is 508 g/mol. The first-order valence-corrected chi connectivity index (χ1v) is 12.0. The van der Waals surface area contributed by atoms with Crippen molar-refractivity contribution in [3.8, 4) is 5.75 Å². The number of benzene rings is 1. The van der Waals surface area contributed by atoms with Crippen LogP contribution in [0.3, 0.4) is 0 Å². The number of hydrogen-bond acceptors (Lipinski definition) is 7. The van der Waals surface area contributed by atoms with E-state index in [2.05, 4.69) is 21.3 Å². The van der Waals surface area contributed by atoms with Gasteiger partial charge in [0.15, 0.2) is 5.78 Å². The number of rotatable bonds is 14. The molecular formula is C24H33ClN4O8. The highest BCUT2D eigenvalue weighted by Crippen LogP contribution is 2.12. The highest BCUT2D eigenvalue weighted by atomic mass is 35.5. The van der Waals surface area contributed by atoms with Crippen LogP contribution in [0.5, 0.6) is 5.75 Å². The molecule has 1 aromatic rings. The van der Waals surface area contributed by atoms with Gasteiger partial charge in [-0.1, -0.05) is 26.0 Å². The summed E-state index contributed by atoms with van der Waals surface area (Å²) in [5.41, 5.74) is 0.657. The highest BCUT2D eigenvalue weighted by Gasteiger charge is 2.31. The molecule has 0 aliphatic heterocycles. The first-order chi connectivity index (χ1) is 17.2. The first-order valence-electron chi connectivity index (χ1n) is 11.5. The number of carboxylic acid groups (broad SMARTS) is 1.